The van der Waals surface area contributed by atoms with E-state index < -0.39 is 42.5 Å². The molecule has 0 bridgehead atoms. The zero-order chi connectivity index (χ0) is 27.6. The van der Waals surface area contributed by atoms with E-state index in [1.807, 2.05) is 44.2 Å². The topological polar surface area (TPSA) is 60.0 Å². The Bertz CT molecular complexity index is 1330. The molecule has 1 saturated carbocycles. The van der Waals surface area contributed by atoms with Crippen molar-refractivity contribution in [1.82, 2.24) is 5.48 Å². The molecular weight excluding hydrogens is 605 g/mol. The Balaban J connectivity index is 1.49. The third kappa shape index (κ3) is 5.30. The third-order valence-corrected chi connectivity index (χ3v) is 20.7. The van der Waals surface area contributed by atoms with E-state index in [4.69, 9.17) is 14.3 Å². The van der Waals surface area contributed by atoms with Gasteiger partial charge in [-0.1, -0.05) is 0 Å². The first-order chi connectivity index (χ1) is 19.5. The summed E-state index contributed by atoms with van der Waals surface area (Å²) < 4.78 is 18.9. The number of nitrogens with one attached hydrogen (secondary N) is 1. The van der Waals surface area contributed by atoms with Crippen LogP contribution in [0.2, 0.25) is 0 Å². The predicted molar refractivity (Wildman–Crippen MR) is 160 cm³/mol. The van der Waals surface area contributed by atoms with Gasteiger partial charge in [0.2, 0.25) is 0 Å². The van der Waals surface area contributed by atoms with Crippen LogP contribution in [-0.4, -0.2) is 53.6 Å². The maximum absolute atomic E-state index is 11.8. The van der Waals surface area contributed by atoms with E-state index in [1.54, 1.807) is 0 Å². The second kappa shape index (κ2) is 11.6. The maximum atomic E-state index is 11.8. The molecule has 4 aromatic carbocycles. The fourth-order valence-corrected chi connectivity index (χ4v) is 18.9. The van der Waals surface area contributed by atoms with Crippen LogP contribution in [0.5, 0.6) is 0 Å². The van der Waals surface area contributed by atoms with E-state index in [2.05, 4.69) is 101 Å². The van der Waals surface area contributed by atoms with Crippen LogP contribution >= 0.6 is 0 Å². The van der Waals surface area contributed by atoms with Gasteiger partial charge in [0.15, 0.2) is 0 Å². The van der Waals surface area contributed by atoms with Gasteiger partial charge in [-0.25, -0.2) is 0 Å². The monoisotopic (exact) mass is 641 g/mol. The first kappa shape index (κ1) is 27.4. The van der Waals surface area contributed by atoms with Gasteiger partial charge in [-0.15, -0.1) is 0 Å². The van der Waals surface area contributed by atoms with Gasteiger partial charge in [-0.05, 0) is 0 Å². The first-order valence-corrected chi connectivity index (χ1v) is 19.7. The van der Waals surface area contributed by atoms with Crippen LogP contribution in [0.25, 0.3) is 0 Å². The SMILES string of the molecule is CC1(C)O[C@@H]2[C@H](O1)[C@H](O)/C(=[CH]/[Sn]([c]1ccccc1)([c]1ccccc1)[c]1ccccc1)[C@H]2NOCc1ccccc1. The van der Waals surface area contributed by atoms with Crippen molar-refractivity contribution in [2.75, 3.05) is 0 Å². The zero-order valence-electron chi connectivity index (χ0n) is 22.8. The van der Waals surface area contributed by atoms with Crippen molar-refractivity contribution >= 4 is 29.1 Å². The van der Waals surface area contributed by atoms with Crippen LogP contribution in [0.15, 0.2) is 131 Å². The molecule has 0 unspecified atom stereocenters. The zero-order valence-corrected chi connectivity index (χ0v) is 25.7. The summed E-state index contributed by atoms with van der Waals surface area (Å²) in [6, 6.07) is 41.9. The Morgan fingerprint density at radius 3 is 1.68 bits per heavy atom. The molecule has 0 amide bonds. The van der Waals surface area contributed by atoms with Crippen molar-refractivity contribution < 1.29 is 19.4 Å². The summed E-state index contributed by atoms with van der Waals surface area (Å²) in [4.78, 5) is 6.08. The molecule has 1 aliphatic heterocycles. The standard InChI is InChI=1S/C16H20NO4.3C6H5.Sn/c1-10-12(17-19-9-11-7-5-4-6-8-11)14-15(13(10)18)21-16(2,3)20-14;3*1-2-4-6-5-3-1;/h1,4-8,12-15,17-18H,9H2,2-3H3;3*1-5H;/t12-,13-,14+,15-;;;;/m1..../s1. The first-order valence-electron chi connectivity index (χ1n) is 13.8. The molecule has 6 heteroatoms. The molecule has 0 radical (unpaired) electrons. The van der Waals surface area contributed by atoms with E-state index in [1.165, 1.54) is 10.7 Å². The van der Waals surface area contributed by atoms with Crippen LogP contribution in [-0.2, 0) is 20.9 Å². The Labute approximate surface area is 240 Å². The molecule has 4 aromatic rings. The summed E-state index contributed by atoms with van der Waals surface area (Å²) >= 11 is -3.86. The Morgan fingerprint density at radius 2 is 1.18 bits per heavy atom. The van der Waals surface area contributed by atoms with Crippen LogP contribution in [0.1, 0.15) is 19.4 Å². The van der Waals surface area contributed by atoms with Crippen molar-refractivity contribution in [2.24, 2.45) is 0 Å². The average Bonchev–Trinajstić information content (AvgIpc) is 3.43. The number of hydrogen-bond acceptors (Lipinski definition) is 5. The molecule has 2 fully saturated rings. The second-order valence-electron chi connectivity index (χ2n) is 10.9. The minimum absolute atomic E-state index is 0.377. The molecule has 1 aliphatic carbocycles. The molecule has 6 rings (SSSR count). The molecule has 4 atom stereocenters. The van der Waals surface area contributed by atoms with Crippen molar-refractivity contribution in [3.05, 3.63) is 137 Å². The van der Waals surface area contributed by atoms with Gasteiger partial charge in [0.25, 0.3) is 0 Å². The summed E-state index contributed by atoms with van der Waals surface area (Å²) in [6.07, 6.45) is -1.72. The van der Waals surface area contributed by atoms with E-state index >= 15 is 0 Å². The number of fused-ring (bicyclic) bond motifs is 1. The number of rotatable bonds is 8. The van der Waals surface area contributed by atoms with Gasteiger partial charge < -0.3 is 0 Å². The van der Waals surface area contributed by atoms with Gasteiger partial charge >= 0.3 is 241 Å². The van der Waals surface area contributed by atoms with E-state index in [0.29, 0.717) is 6.61 Å². The molecule has 40 heavy (non-hydrogen) atoms. The molecule has 1 saturated heterocycles. The molecule has 204 valence electrons. The third-order valence-electron chi connectivity index (χ3n) is 7.87. The van der Waals surface area contributed by atoms with Gasteiger partial charge in [0.1, 0.15) is 0 Å². The normalized spacial score (nSPS) is 24.7. The van der Waals surface area contributed by atoms with Crippen molar-refractivity contribution in [3.63, 3.8) is 0 Å². The van der Waals surface area contributed by atoms with Gasteiger partial charge in [-0.2, -0.15) is 0 Å². The number of hydrogen-bond donors (Lipinski definition) is 2. The number of aliphatic hydroxyl groups is 1. The average molecular weight is 640 g/mol. The predicted octanol–water partition coefficient (Wildman–Crippen LogP) is 3.61. The van der Waals surface area contributed by atoms with Gasteiger partial charge in [0, 0.05) is 0 Å². The van der Waals surface area contributed by atoms with Crippen LogP contribution in [0.4, 0.5) is 0 Å². The second-order valence-corrected chi connectivity index (χ2v) is 21.3. The fraction of sp³-hybridized carbons (Fsp3) is 0.235. The van der Waals surface area contributed by atoms with Crippen LogP contribution < -0.4 is 16.2 Å². The molecule has 5 nitrogen and oxygen atoms in total. The number of ether oxygens (including phenoxy) is 2. The summed E-state index contributed by atoms with van der Waals surface area (Å²) in [5, 5.41) is 11.8. The fourth-order valence-electron chi connectivity index (χ4n) is 6.08. The molecular formula is C34H35NO4Sn. The summed E-state index contributed by atoms with van der Waals surface area (Å²) in [5.74, 6) is -0.792. The number of benzene rings is 4. The molecule has 0 aromatic heterocycles. The Morgan fingerprint density at radius 1 is 0.725 bits per heavy atom. The van der Waals surface area contributed by atoms with Crippen molar-refractivity contribution in [2.45, 2.75) is 50.6 Å². The van der Waals surface area contributed by atoms with Crippen molar-refractivity contribution in [1.29, 1.82) is 0 Å². The number of hydroxylamine groups is 1. The van der Waals surface area contributed by atoms with E-state index in [-0.39, 0.29) is 6.04 Å². The van der Waals surface area contributed by atoms with Gasteiger partial charge in [0.05, 0.1) is 0 Å². The minimum atomic E-state index is -3.86. The summed E-state index contributed by atoms with van der Waals surface area (Å²) in [5.41, 5.74) is 5.22. The van der Waals surface area contributed by atoms with Crippen molar-refractivity contribution in [3.8, 4) is 0 Å². The summed E-state index contributed by atoms with van der Waals surface area (Å²) in [6.45, 7) is 4.18. The molecule has 2 aliphatic rings. The molecule has 1 heterocycles. The van der Waals surface area contributed by atoms with Crippen LogP contribution in [0, 0.1) is 0 Å². The van der Waals surface area contributed by atoms with Crippen LogP contribution in [0.3, 0.4) is 0 Å². The summed E-state index contributed by atoms with van der Waals surface area (Å²) in [7, 11) is 0. The van der Waals surface area contributed by atoms with E-state index in [9.17, 15) is 5.11 Å². The number of aliphatic hydroxyl groups excluding tert-OH is 1. The molecule has 0 spiro atoms. The molecule has 2 N–H and O–H groups in total. The van der Waals surface area contributed by atoms with E-state index in [0.717, 1.165) is 11.1 Å². The Kier molecular flexibility index (Phi) is 7.95. The quantitative estimate of drug-likeness (QED) is 0.228. The Hall–Kier alpha value is -2.78. The van der Waals surface area contributed by atoms with Gasteiger partial charge in [-0.3, -0.25) is 0 Å².